The van der Waals surface area contributed by atoms with Gasteiger partial charge in [-0.1, -0.05) is 50.6 Å². The summed E-state index contributed by atoms with van der Waals surface area (Å²) in [4.78, 5) is 86.5. The number of aromatic nitrogens is 1. The van der Waals surface area contributed by atoms with Crippen LogP contribution in [0.5, 0.6) is 0 Å². The molecule has 4 N–H and O–H groups in total. The fraction of sp³-hybridized carbons (Fsp3) is 0.656. The van der Waals surface area contributed by atoms with E-state index in [4.69, 9.17) is 18.9 Å². The minimum Gasteiger partial charge on any atom is -0.468 e. The summed E-state index contributed by atoms with van der Waals surface area (Å²) in [6.07, 6.45) is 10.9. The number of nitrogens with zero attached hydrogens (tertiary/aromatic N) is 5. The number of piperidine rings is 2. The highest BCUT2D eigenvalue weighted by Crippen LogP contribution is 2.69. The lowest BCUT2D eigenvalue weighted by Gasteiger charge is -2.65. The lowest BCUT2D eigenvalue weighted by Crippen LogP contribution is -2.82. The molecule has 18 heteroatoms. The third-order valence-corrected chi connectivity index (χ3v) is 20.5. The zero-order valence-corrected chi connectivity index (χ0v) is 47.1. The number of methoxy groups -OCH3 is 2. The van der Waals surface area contributed by atoms with Crippen molar-refractivity contribution in [2.75, 3.05) is 79.0 Å². The van der Waals surface area contributed by atoms with Crippen molar-refractivity contribution < 1.29 is 58.2 Å². The van der Waals surface area contributed by atoms with Gasteiger partial charge in [-0.05, 0) is 149 Å². The summed E-state index contributed by atoms with van der Waals surface area (Å²) in [5.74, 6) is -2.82. The van der Waals surface area contributed by atoms with E-state index < -0.39 is 94.3 Å². The molecular formula is C61H82N6O12. The molecule has 2 bridgehead atoms. The highest BCUT2D eigenvalue weighted by molar-refractivity contribution is 5.95. The number of likely N-dealkylation sites (N-methyl/N-ethyl adjacent to an activating group) is 2. The summed E-state index contributed by atoms with van der Waals surface area (Å²) < 4.78 is 24.3. The number of hydrogen-bond donors (Lipinski definition) is 4. The number of benzene rings is 2. The quantitative estimate of drug-likeness (QED) is 0.104. The highest BCUT2D eigenvalue weighted by Gasteiger charge is 2.81. The van der Waals surface area contributed by atoms with Crippen LogP contribution in [0.4, 0.5) is 10.5 Å². The molecule has 1 aromatic heterocycles. The Balaban J connectivity index is 1.01. The molecule has 3 aromatic rings. The number of amides is 2. The number of carbonyl (C=O) groups excluding carboxylic acids is 5. The van der Waals surface area contributed by atoms with Gasteiger partial charge in [-0.2, -0.15) is 0 Å². The van der Waals surface area contributed by atoms with E-state index in [1.165, 1.54) is 31.1 Å². The molecule has 2 aliphatic carbocycles. The second-order valence-corrected chi connectivity index (χ2v) is 24.6. The number of para-hydroxylation sites is 1. The number of nitrogens with one attached hydrogen (secondary N) is 1. The Morgan fingerprint density at radius 1 is 0.848 bits per heavy atom. The Bertz CT molecular complexity index is 2910. The summed E-state index contributed by atoms with van der Waals surface area (Å²) in [5.41, 5.74) is -2.05. The van der Waals surface area contributed by atoms with Crippen LogP contribution in [-0.4, -0.2) is 185 Å². The van der Waals surface area contributed by atoms with E-state index in [0.717, 1.165) is 54.3 Å². The first kappa shape index (κ1) is 55.4. The van der Waals surface area contributed by atoms with Gasteiger partial charge in [0.1, 0.15) is 24.1 Å². The van der Waals surface area contributed by atoms with Crippen molar-refractivity contribution in [3.05, 3.63) is 76.5 Å². The topological polar surface area (TPSA) is 215 Å². The first-order valence-electron chi connectivity index (χ1n) is 29.3. The van der Waals surface area contributed by atoms with Gasteiger partial charge in [-0.25, -0.2) is 14.4 Å². The first-order chi connectivity index (χ1) is 38.0. The zero-order chi connectivity index (χ0) is 55.8. The molecule has 12 atom stereocenters. The van der Waals surface area contributed by atoms with Gasteiger partial charge >= 0.3 is 24.0 Å². The number of H-pyrrole nitrogens is 1. The van der Waals surface area contributed by atoms with Crippen LogP contribution in [0.1, 0.15) is 132 Å². The van der Waals surface area contributed by atoms with Crippen LogP contribution < -0.4 is 4.90 Å². The Morgan fingerprint density at radius 2 is 1.65 bits per heavy atom. The van der Waals surface area contributed by atoms with Crippen molar-refractivity contribution >= 4 is 46.5 Å². The maximum atomic E-state index is 15.6. The van der Waals surface area contributed by atoms with E-state index in [2.05, 4.69) is 26.9 Å². The molecule has 11 rings (SSSR count). The number of carbonyl (C=O) groups is 5. The summed E-state index contributed by atoms with van der Waals surface area (Å²) in [6, 6.07) is 9.49. The number of aliphatic hydroxyl groups excluding tert-OH is 1. The molecule has 1 saturated carbocycles. The first-order valence-corrected chi connectivity index (χ1v) is 29.3. The molecule has 1 spiro atoms. The maximum Gasteiger partial charge on any atom is 0.410 e. The molecular weight excluding hydrogens is 1010 g/mol. The van der Waals surface area contributed by atoms with Gasteiger partial charge in [-0.3, -0.25) is 19.4 Å². The summed E-state index contributed by atoms with van der Waals surface area (Å²) >= 11 is 0. The number of fused-ring (bicyclic) bond motifs is 6. The van der Waals surface area contributed by atoms with E-state index in [-0.39, 0.29) is 31.8 Å². The molecule has 18 nitrogen and oxygen atoms in total. The van der Waals surface area contributed by atoms with Gasteiger partial charge in [0.2, 0.25) is 11.5 Å². The molecule has 8 aliphatic rings. The molecule has 2 aromatic carbocycles. The van der Waals surface area contributed by atoms with Crippen molar-refractivity contribution in [2.45, 2.75) is 169 Å². The molecule has 4 saturated heterocycles. The second kappa shape index (κ2) is 21.1. The Labute approximate surface area is 463 Å². The molecule has 7 heterocycles. The SMILES string of the molecule is CC[C@]1(O)C[C@@H]2CN(CCc3c([nH]c4ccccc34)[C@@](C(=O)OC)(c3cc4c(cc3CO)N(C)C3C45CCN4CCC[C@](CC)(C45)[C@@H](OC(=O)C4CCCN4C(=O)CN(C)C(=O)OC4/C=C/CCCCC4)[C@]3(O)C(=O)OC)C2)C1. The average Bonchev–Trinajstić information content (AvgIpc) is 2.61. The number of aliphatic hydroxyl groups is 3. The van der Waals surface area contributed by atoms with E-state index in [1.54, 1.807) is 0 Å². The number of hydrogen-bond acceptors (Lipinski definition) is 15. The van der Waals surface area contributed by atoms with Gasteiger partial charge in [0.25, 0.3) is 0 Å². The lowest BCUT2D eigenvalue weighted by molar-refractivity contribution is -0.244. The second-order valence-electron chi connectivity index (χ2n) is 24.6. The molecule has 2 amide bonds. The largest absolute Gasteiger partial charge is 0.468 e. The van der Waals surface area contributed by atoms with Gasteiger partial charge in [0.05, 0.1) is 32.5 Å². The van der Waals surface area contributed by atoms with Crippen molar-refractivity contribution in [3.8, 4) is 0 Å². The smallest absolute Gasteiger partial charge is 0.410 e. The third kappa shape index (κ3) is 8.61. The number of likely N-dealkylation sites (tertiary alicyclic amines) is 1. The highest BCUT2D eigenvalue weighted by atomic mass is 16.6. The molecule has 5 fully saturated rings. The number of anilines is 1. The average molecular weight is 1090 g/mol. The number of esters is 3. The monoisotopic (exact) mass is 1090 g/mol. The summed E-state index contributed by atoms with van der Waals surface area (Å²) in [5, 5.41) is 39.0. The van der Waals surface area contributed by atoms with Crippen LogP contribution in [-0.2, 0) is 62.0 Å². The van der Waals surface area contributed by atoms with Gasteiger partial charge in [0.15, 0.2) is 6.10 Å². The van der Waals surface area contributed by atoms with Crippen molar-refractivity contribution in [3.63, 3.8) is 0 Å². The van der Waals surface area contributed by atoms with Crippen LogP contribution in [0.25, 0.3) is 10.9 Å². The molecule has 0 radical (unpaired) electrons. The predicted octanol–water partition coefficient (Wildman–Crippen LogP) is 5.63. The van der Waals surface area contributed by atoms with Gasteiger partial charge in [-0.15, -0.1) is 0 Å². The summed E-state index contributed by atoms with van der Waals surface area (Å²) in [7, 11) is 5.98. The minimum atomic E-state index is -2.49. The number of ether oxygens (including phenoxy) is 4. The van der Waals surface area contributed by atoms with Crippen molar-refractivity contribution in [1.29, 1.82) is 0 Å². The standard InChI is InChI=1S/C61H82N6O12/c1-7-57(74)32-38-33-60(54(71)76-5,49-42(23-28-65(34-38)37-57)41-20-14-15-21-45(41)62-49)43-31-44-47(30-39(43)36-68)64(4)52-59(44)25-29-66-26-17-24-58(8-2,51(59)66)53(61(52,75)55(72)77-6)79-50(70)46-22-16-27-67(46)48(69)35-63(3)56(73)78-40-18-12-10-9-11-13-19-40/h12,14-15,18,20-21,30-31,38,40,46,51-53,62,68,74-75H,7-11,13,16-17,19,22-29,32-37H2,1-6H3/b18-12+/t38-,40?,46?,51?,52?,53+,57-,58+,59?,60-,61-/m0/s1. The molecule has 6 unspecified atom stereocenters. The van der Waals surface area contributed by atoms with Crippen LogP contribution >= 0.6 is 0 Å². The predicted molar refractivity (Wildman–Crippen MR) is 294 cm³/mol. The van der Waals surface area contributed by atoms with Crippen LogP contribution in [0.2, 0.25) is 0 Å². The van der Waals surface area contributed by atoms with E-state index in [1.807, 2.05) is 62.2 Å². The normalized spacial score (nSPS) is 35.3. The summed E-state index contributed by atoms with van der Waals surface area (Å²) in [6.45, 7) is 6.64. The Kier molecular flexibility index (Phi) is 14.8. The van der Waals surface area contributed by atoms with Crippen molar-refractivity contribution in [1.82, 2.24) is 24.6 Å². The molecule has 79 heavy (non-hydrogen) atoms. The Hall–Kier alpha value is -5.53. The van der Waals surface area contributed by atoms with Crippen LogP contribution in [0.15, 0.2) is 48.6 Å². The molecule has 428 valence electrons. The minimum absolute atomic E-state index is 0.173. The number of allylic oxidation sites excluding steroid dienone is 1. The number of rotatable bonds is 11. The van der Waals surface area contributed by atoms with Crippen LogP contribution in [0.3, 0.4) is 0 Å². The van der Waals surface area contributed by atoms with Gasteiger partial charge in [0, 0.05) is 79.4 Å². The van der Waals surface area contributed by atoms with E-state index in [9.17, 15) is 24.9 Å². The fourth-order valence-electron chi connectivity index (χ4n) is 17.2. The number of aromatic amines is 1. The Morgan fingerprint density at radius 3 is 2.41 bits per heavy atom. The molecule has 6 aliphatic heterocycles. The van der Waals surface area contributed by atoms with Crippen LogP contribution in [0, 0.1) is 11.3 Å². The van der Waals surface area contributed by atoms with E-state index >= 15 is 14.4 Å². The van der Waals surface area contributed by atoms with Crippen molar-refractivity contribution in [2.24, 2.45) is 11.3 Å². The van der Waals surface area contributed by atoms with Gasteiger partial charge < -0.3 is 54.0 Å². The van der Waals surface area contributed by atoms with E-state index in [0.29, 0.717) is 106 Å². The zero-order valence-electron chi connectivity index (χ0n) is 47.1. The lowest BCUT2D eigenvalue weighted by atomic mass is 9.46. The maximum absolute atomic E-state index is 15.6. The fourth-order valence-corrected chi connectivity index (χ4v) is 17.2. The third-order valence-electron chi connectivity index (χ3n) is 20.5.